The lowest BCUT2D eigenvalue weighted by atomic mass is 10.2. The van der Waals surface area contributed by atoms with E-state index >= 15 is 0 Å². The summed E-state index contributed by atoms with van der Waals surface area (Å²) in [5.74, 6) is 0.246. The van der Waals surface area contributed by atoms with Gasteiger partial charge in [0.15, 0.2) is 5.16 Å². The van der Waals surface area contributed by atoms with Crippen LogP contribution in [-0.4, -0.2) is 14.5 Å². The van der Waals surface area contributed by atoms with Crippen molar-refractivity contribution in [3.8, 4) is 5.69 Å². The zero-order valence-electron chi connectivity index (χ0n) is 15.5. The van der Waals surface area contributed by atoms with E-state index in [2.05, 4.69) is 16.9 Å². The second-order valence-corrected chi connectivity index (χ2v) is 8.25. The monoisotopic (exact) mass is 411 g/mol. The van der Waals surface area contributed by atoms with E-state index in [0.717, 1.165) is 17.1 Å². The van der Waals surface area contributed by atoms with Crippen LogP contribution in [0.2, 0.25) is 0 Å². The lowest BCUT2D eigenvalue weighted by molar-refractivity contribution is 0.615. The molecular weight excluding hydrogens is 393 g/mol. The van der Waals surface area contributed by atoms with Gasteiger partial charge < -0.3 is 0 Å². The Kier molecular flexibility index (Phi) is 5.28. The summed E-state index contributed by atoms with van der Waals surface area (Å²) in [6.45, 7) is 3.77. The predicted molar refractivity (Wildman–Crippen MR) is 113 cm³/mol. The van der Waals surface area contributed by atoms with Crippen LogP contribution in [0.4, 0.5) is 4.39 Å². The van der Waals surface area contributed by atoms with E-state index in [9.17, 15) is 9.18 Å². The predicted octanol–water partition coefficient (Wildman–Crippen LogP) is 5.14. The quantitative estimate of drug-likeness (QED) is 0.337. The number of thioether (sulfide) groups is 1. The zero-order chi connectivity index (χ0) is 19.7. The number of para-hydroxylation sites is 1. The van der Waals surface area contributed by atoms with Gasteiger partial charge in [-0.15, -0.1) is 11.3 Å². The van der Waals surface area contributed by atoms with Gasteiger partial charge in [-0.1, -0.05) is 36.9 Å². The number of hydrogen-bond donors (Lipinski definition) is 0. The molecule has 0 aliphatic carbocycles. The Bertz CT molecular complexity index is 1220. The Hall–Kier alpha value is -2.51. The van der Waals surface area contributed by atoms with Gasteiger partial charge in [-0.05, 0) is 43.2 Å². The van der Waals surface area contributed by atoms with Crippen LogP contribution in [0.25, 0.3) is 16.6 Å². The summed E-state index contributed by atoms with van der Waals surface area (Å²) >= 11 is 3.06. The number of aryl methyl sites for hydroxylation is 2. The Balaban J connectivity index is 1.83. The summed E-state index contributed by atoms with van der Waals surface area (Å²) in [6, 6.07) is 12.0. The highest BCUT2D eigenvalue weighted by Gasteiger charge is 2.15. The first-order valence-corrected chi connectivity index (χ1v) is 10.8. The summed E-state index contributed by atoms with van der Waals surface area (Å²) in [6.07, 6.45) is 0.900. The normalized spacial score (nSPS) is 11.2. The first-order chi connectivity index (χ1) is 13.6. The minimum Gasteiger partial charge on any atom is -0.268 e. The fourth-order valence-corrected chi connectivity index (χ4v) is 4.63. The van der Waals surface area contributed by atoms with Crippen molar-refractivity contribution in [1.82, 2.24) is 14.5 Å². The van der Waals surface area contributed by atoms with Crippen molar-refractivity contribution in [3.05, 3.63) is 80.3 Å². The van der Waals surface area contributed by atoms with Crippen LogP contribution in [0, 0.1) is 12.7 Å². The number of rotatable bonds is 5. The summed E-state index contributed by atoms with van der Waals surface area (Å²) in [5.41, 5.74) is 2.39. The van der Waals surface area contributed by atoms with Gasteiger partial charge in [0.05, 0.1) is 27.3 Å². The van der Waals surface area contributed by atoms with Crippen molar-refractivity contribution in [2.24, 2.45) is 0 Å². The minimum atomic E-state index is -0.347. The maximum Gasteiger partial charge on any atom is 0.266 e. The topological polar surface area (TPSA) is 47.8 Å². The highest BCUT2D eigenvalue weighted by molar-refractivity contribution is 7.98. The molecule has 0 fully saturated rings. The van der Waals surface area contributed by atoms with Gasteiger partial charge in [-0.3, -0.25) is 9.36 Å². The van der Waals surface area contributed by atoms with Gasteiger partial charge in [-0.2, -0.15) is 0 Å². The van der Waals surface area contributed by atoms with E-state index in [4.69, 9.17) is 0 Å². The lowest BCUT2D eigenvalue weighted by Gasteiger charge is -2.13. The first-order valence-electron chi connectivity index (χ1n) is 8.91. The minimum absolute atomic E-state index is 0.205. The third-order valence-electron chi connectivity index (χ3n) is 4.41. The molecule has 0 bridgehead atoms. The number of halogens is 1. The molecule has 0 aliphatic rings. The largest absolute Gasteiger partial charge is 0.268 e. The number of fused-ring (bicyclic) bond motifs is 1. The molecule has 0 N–H and O–H groups in total. The highest BCUT2D eigenvalue weighted by atomic mass is 32.2. The molecule has 2 aromatic heterocycles. The molecule has 0 radical (unpaired) electrons. The number of aromatic nitrogens is 3. The lowest BCUT2D eigenvalue weighted by Crippen LogP contribution is -2.22. The number of hydrogen-bond acceptors (Lipinski definition) is 5. The average molecular weight is 412 g/mol. The van der Waals surface area contributed by atoms with Crippen LogP contribution in [0.15, 0.2) is 57.8 Å². The molecule has 4 rings (SSSR count). The van der Waals surface area contributed by atoms with E-state index in [-0.39, 0.29) is 11.4 Å². The van der Waals surface area contributed by atoms with E-state index < -0.39 is 0 Å². The van der Waals surface area contributed by atoms with E-state index in [0.29, 0.717) is 33.1 Å². The van der Waals surface area contributed by atoms with E-state index in [1.54, 1.807) is 42.5 Å². The zero-order valence-corrected chi connectivity index (χ0v) is 17.1. The molecule has 4 aromatic rings. The standard InChI is InChI=1S/C21H18FN3OS2/c1-3-19-23-14(11-27-19)12-28-21-24-18-7-5-4-6-16(18)20(26)25(21)15-9-8-13(2)17(22)10-15/h4-11H,3,12H2,1-2H3. The van der Waals surface area contributed by atoms with Crippen LogP contribution >= 0.6 is 23.1 Å². The highest BCUT2D eigenvalue weighted by Crippen LogP contribution is 2.26. The first kappa shape index (κ1) is 18.8. The molecule has 0 spiro atoms. The van der Waals surface area contributed by atoms with Gasteiger partial charge in [-0.25, -0.2) is 14.4 Å². The van der Waals surface area contributed by atoms with Gasteiger partial charge in [0.2, 0.25) is 0 Å². The van der Waals surface area contributed by atoms with Crippen LogP contribution in [-0.2, 0) is 12.2 Å². The second-order valence-electron chi connectivity index (χ2n) is 6.36. The summed E-state index contributed by atoms with van der Waals surface area (Å²) in [7, 11) is 0. The van der Waals surface area contributed by atoms with Gasteiger partial charge in [0.25, 0.3) is 5.56 Å². The molecule has 0 saturated heterocycles. The molecule has 0 amide bonds. The molecular formula is C21H18FN3OS2. The summed E-state index contributed by atoms with van der Waals surface area (Å²) < 4.78 is 15.7. The third kappa shape index (κ3) is 3.59. The molecule has 4 nitrogen and oxygen atoms in total. The fourth-order valence-electron chi connectivity index (χ4n) is 2.87. The molecule has 28 heavy (non-hydrogen) atoms. The maximum atomic E-state index is 14.2. The molecule has 2 aromatic carbocycles. The van der Waals surface area contributed by atoms with Crippen molar-refractivity contribution in [3.63, 3.8) is 0 Å². The van der Waals surface area contributed by atoms with Crippen LogP contribution in [0.3, 0.4) is 0 Å². The van der Waals surface area contributed by atoms with Crippen molar-refractivity contribution in [2.75, 3.05) is 0 Å². The summed E-state index contributed by atoms with van der Waals surface area (Å²) in [5, 5.41) is 4.15. The van der Waals surface area contributed by atoms with Crippen LogP contribution in [0.5, 0.6) is 0 Å². The molecule has 2 heterocycles. The van der Waals surface area contributed by atoms with E-state index in [1.165, 1.54) is 22.4 Å². The number of benzene rings is 2. The van der Waals surface area contributed by atoms with E-state index in [1.807, 2.05) is 17.5 Å². The molecule has 0 unspecified atom stereocenters. The van der Waals surface area contributed by atoms with Crippen LogP contribution in [0.1, 0.15) is 23.2 Å². The molecule has 142 valence electrons. The second kappa shape index (κ2) is 7.85. The van der Waals surface area contributed by atoms with Crippen molar-refractivity contribution in [1.29, 1.82) is 0 Å². The fraction of sp³-hybridized carbons (Fsp3) is 0.190. The van der Waals surface area contributed by atoms with Crippen molar-refractivity contribution < 1.29 is 4.39 Å². The van der Waals surface area contributed by atoms with Gasteiger partial charge in [0.1, 0.15) is 5.82 Å². The average Bonchev–Trinajstić information content (AvgIpc) is 3.17. The Labute approximate surface area is 170 Å². The van der Waals surface area contributed by atoms with Gasteiger partial charge in [0, 0.05) is 11.1 Å². The molecule has 0 atom stereocenters. The molecule has 0 saturated carbocycles. The summed E-state index contributed by atoms with van der Waals surface area (Å²) in [4.78, 5) is 22.4. The Morgan fingerprint density at radius 3 is 2.75 bits per heavy atom. The molecule has 0 aliphatic heterocycles. The maximum absolute atomic E-state index is 14.2. The van der Waals surface area contributed by atoms with Crippen LogP contribution < -0.4 is 5.56 Å². The smallest absolute Gasteiger partial charge is 0.266 e. The number of thiazole rings is 1. The Morgan fingerprint density at radius 1 is 1.18 bits per heavy atom. The third-order valence-corrected chi connectivity index (χ3v) is 6.42. The SMILES string of the molecule is CCc1nc(CSc2nc3ccccc3c(=O)n2-c2ccc(C)c(F)c2)cs1. The van der Waals surface area contributed by atoms with Crippen molar-refractivity contribution >= 4 is 34.0 Å². The van der Waals surface area contributed by atoms with Crippen molar-refractivity contribution in [2.45, 2.75) is 31.2 Å². The Morgan fingerprint density at radius 2 is 2.00 bits per heavy atom. The number of nitrogens with zero attached hydrogens (tertiary/aromatic N) is 3. The van der Waals surface area contributed by atoms with Gasteiger partial charge >= 0.3 is 0 Å². The molecule has 7 heteroatoms.